The average molecular weight is 416 g/mol. The molecule has 6 nitrogen and oxygen atoms in total. The van der Waals surface area contributed by atoms with Gasteiger partial charge >= 0.3 is 0 Å². The van der Waals surface area contributed by atoms with E-state index in [1.165, 1.54) is 12.1 Å². The molecular formula is C24H21FN4O2. The molecular weight excluding hydrogens is 395 g/mol. The summed E-state index contributed by atoms with van der Waals surface area (Å²) in [6.07, 6.45) is 0. The van der Waals surface area contributed by atoms with Crippen LogP contribution in [0.25, 0.3) is 0 Å². The number of amidine groups is 1. The second-order valence-corrected chi connectivity index (χ2v) is 7.35. The van der Waals surface area contributed by atoms with Crippen LogP contribution in [0.3, 0.4) is 0 Å². The number of rotatable bonds is 5. The molecule has 1 aliphatic heterocycles. The van der Waals surface area contributed by atoms with Crippen LogP contribution in [0.4, 0.5) is 15.8 Å². The molecule has 2 amide bonds. The van der Waals surface area contributed by atoms with E-state index in [0.717, 1.165) is 18.7 Å². The number of hydrogen-bond acceptors (Lipinski definition) is 3. The Bertz CT molecular complexity index is 1170. The highest BCUT2D eigenvalue weighted by Crippen LogP contribution is 2.21. The maximum Gasteiger partial charge on any atom is 0.258 e. The topological polar surface area (TPSA) is 85.1 Å². The second kappa shape index (κ2) is 8.39. The van der Waals surface area contributed by atoms with Crippen LogP contribution in [0.2, 0.25) is 0 Å². The molecule has 3 N–H and O–H groups in total. The highest BCUT2D eigenvalue weighted by Gasteiger charge is 2.23. The van der Waals surface area contributed by atoms with Gasteiger partial charge in [0.2, 0.25) is 0 Å². The van der Waals surface area contributed by atoms with Gasteiger partial charge < -0.3 is 15.5 Å². The lowest BCUT2D eigenvalue weighted by atomic mass is 10.1. The van der Waals surface area contributed by atoms with Gasteiger partial charge in [0.25, 0.3) is 11.8 Å². The monoisotopic (exact) mass is 416 g/mol. The maximum atomic E-state index is 14.6. The Morgan fingerprint density at radius 1 is 0.903 bits per heavy atom. The Morgan fingerprint density at radius 2 is 1.58 bits per heavy atom. The van der Waals surface area contributed by atoms with Crippen LogP contribution >= 0.6 is 0 Å². The molecule has 0 radical (unpaired) electrons. The molecule has 0 aromatic heterocycles. The van der Waals surface area contributed by atoms with Gasteiger partial charge in [-0.15, -0.1) is 0 Å². The lowest BCUT2D eigenvalue weighted by molar-refractivity contribution is 0.102. The Balaban J connectivity index is 1.51. The van der Waals surface area contributed by atoms with Crippen molar-refractivity contribution in [2.24, 2.45) is 0 Å². The summed E-state index contributed by atoms with van der Waals surface area (Å²) < 4.78 is 14.6. The highest BCUT2D eigenvalue weighted by molar-refractivity contribution is 6.12. The minimum atomic E-state index is -0.719. The van der Waals surface area contributed by atoms with Crippen molar-refractivity contribution in [1.29, 1.82) is 5.41 Å². The molecule has 3 aromatic carbocycles. The SMILES string of the molecule is Cc1ccc(NC(=O)c2ccccc2NC(=O)c2ccc(C(=N)N3CC3)cc2F)cc1. The van der Waals surface area contributed by atoms with Crippen molar-refractivity contribution in [3.63, 3.8) is 0 Å². The minimum absolute atomic E-state index is 0.156. The van der Waals surface area contributed by atoms with Crippen molar-refractivity contribution in [3.8, 4) is 0 Å². The lowest BCUT2D eigenvalue weighted by Crippen LogP contribution is -2.19. The van der Waals surface area contributed by atoms with Gasteiger partial charge in [0.05, 0.1) is 16.8 Å². The van der Waals surface area contributed by atoms with Crippen molar-refractivity contribution < 1.29 is 14.0 Å². The Hall–Kier alpha value is -4.00. The Labute approximate surface area is 179 Å². The lowest BCUT2D eigenvalue weighted by Gasteiger charge is -2.13. The molecule has 0 spiro atoms. The molecule has 0 aliphatic carbocycles. The molecule has 3 aromatic rings. The number of carbonyl (C=O) groups excluding carboxylic acids is 2. The summed E-state index contributed by atoms with van der Waals surface area (Å²) in [6, 6.07) is 18.0. The largest absolute Gasteiger partial charge is 0.353 e. The predicted octanol–water partition coefficient (Wildman–Crippen LogP) is 4.28. The number of amides is 2. The molecule has 0 bridgehead atoms. The van der Waals surface area contributed by atoms with E-state index in [1.54, 1.807) is 47.4 Å². The van der Waals surface area contributed by atoms with E-state index in [2.05, 4.69) is 10.6 Å². The van der Waals surface area contributed by atoms with Gasteiger partial charge in [0.15, 0.2) is 0 Å². The molecule has 1 heterocycles. The third kappa shape index (κ3) is 4.61. The zero-order chi connectivity index (χ0) is 22.0. The molecule has 7 heteroatoms. The molecule has 31 heavy (non-hydrogen) atoms. The third-order valence-electron chi connectivity index (χ3n) is 4.98. The Kier molecular flexibility index (Phi) is 5.49. The van der Waals surface area contributed by atoms with Crippen LogP contribution in [0.5, 0.6) is 0 Å². The van der Waals surface area contributed by atoms with E-state index in [0.29, 0.717) is 11.3 Å². The summed E-state index contributed by atoms with van der Waals surface area (Å²) in [7, 11) is 0. The van der Waals surface area contributed by atoms with Gasteiger partial charge in [-0.3, -0.25) is 15.0 Å². The van der Waals surface area contributed by atoms with Gasteiger partial charge in [-0.1, -0.05) is 35.9 Å². The molecule has 4 rings (SSSR count). The molecule has 1 aliphatic rings. The van der Waals surface area contributed by atoms with E-state index < -0.39 is 11.7 Å². The van der Waals surface area contributed by atoms with E-state index in [1.807, 2.05) is 19.1 Å². The number of hydrogen-bond donors (Lipinski definition) is 3. The molecule has 156 valence electrons. The van der Waals surface area contributed by atoms with Crippen LogP contribution < -0.4 is 10.6 Å². The van der Waals surface area contributed by atoms with Gasteiger partial charge in [0.1, 0.15) is 11.7 Å². The van der Waals surface area contributed by atoms with Gasteiger partial charge in [-0.05, 0) is 43.3 Å². The van der Waals surface area contributed by atoms with Crippen LogP contribution in [-0.2, 0) is 0 Å². The van der Waals surface area contributed by atoms with Gasteiger partial charge in [0, 0.05) is 24.3 Å². The van der Waals surface area contributed by atoms with Crippen molar-refractivity contribution in [2.45, 2.75) is 6.92 Å². The third-order valence-corrected chi connectivity index (χ3v) is 4.98. The van der Waals surface area contributed by atoms with Gasteiger partial charge in [-0.2, -0.15) is 0 Å². The number of nitrogens with zero attached hydrogens (tertiary/aromatic N) is 1. The summed E-state index contributed by atoms with van der Waals surface area (Å²) in [5.41, 5.74) is 2.50. The molecule has 0 unspecified atom stereocenters. The molecule has 0 saturated carbocycles. The van der Waals surface area contributed by atoms with Crippen molar-refractivity contribution in [1.82, 2.24) is 4.90 Å². The summed E-state index contributed by atoms with van der Waals surface area (Å²) in [5, 5.41) is 13.4. The fourth-order valence-electron chi connectivity index (χ4n) is 3.12. The fourth-order valence-corrected chi connectivity index (χ4v) is 3.12. The van der Waals surface area contributed by atoms with Crippen molar-refractivity contribution in [3.05, 3.63) is 94.8 Å². The fraction of sp³-hybridized carbons (Fsp3) is 0.125. The number of nitrogens with one attached hydrogen (secondary N) is 3. The van der Waals surface area contributed by atoms with Crippen LogP contribution in [0, 0.1) is 18.2 Å². The first-order valence-corrected chi connectivity index (χ1v) is 9.84. The summed E-state index contributed by atoms with van der Waals surface area (Å²) in [5.74, 6) is -1.53. The summed E-state index contributed by atoms with van der Waals surface area (Å²) >= 11 is 0. The van der Waals surface area contributed by atoms with Crippen LogP contribution in [0.15, 0.2) is 66.7 Å². The quantitative estimate of drug-likeness (QED) is 0.330. The van der Waals surface area contributed by atoms with E-state index >= 15 is 0 Å². The minimum Gasteiger partial charge on any atom is -0.353 e. The number of halogens is 1. The molecule has 1 saturated heterocycles. The number of aryl methyl sites for hydroxylation is 1. The first-order valence-electron chi connectivity index (χ1n) is 9.84. The maximum absolute atomic E-state index is 14.6. The van der Waals surface area contributed by atoms with E-state index in [9.17, 15) is 14.0 Å². The number of para-hydroxylation sites is 1. The summed E-state index contributed by atoms with van der Waals surface area (Å²) in [6.45, 7) is 3.52. The van der Waals surface area contributed by atoms with Crippen molar-refractivity contribution in [2.75, 3.05) is 23.7 Å². The number of anilines is 2. The number of benzene rings is 3. The van der Waals surface area contributed by atoms with Crippen LogP contribution in [0.1, 0.15) is 31.8 Å². The van der Waals surface area contributed by atoms with E-state index in [4.69, 9.17) is 5.41 Å². The van der Waals surface area contributed by atoms with Gasteiger partial charge in [-0.25, -0.2) is 4.39 Å². The van der Waals surface area contributed by atoms with Crippen molar-refractivity contribution >= 4 is 29.0 Å². The second-order valence-electron chi connectivity index (χ2n) is 7.35. The first-order chi connectivity index (χ1) is 14.9. The first kappa shape index (κ1) is 20.3. The standard InChI is InChI=1S/C24H21FN4O2/c1-15-6-9-17(10-7-15)27-24(31)19-4-2-3-5-21(19)28-23(30)18-11-8-16(14-20(18)25)22(26)29-12-13-29/h2-11,14,26H,12-13H2,1H3,(H,27,31)(H,28,30). The normalized spacial score (nSPS) is 12.3. The zero-order valence-corrected chi connectivity index (χ0v) is 16.9. The Morgan fingerprint density at radius 3 is 2.26 bits per heavy atom. The molecule has 1 fully saturated rings. The summed E-state index contributed by atoms with van der Waals surface area (Å²) in [4.78, 5) is 27.2. The smallest absolute Gasteiger partial charge is 0.258 e. The number of carbonyl (C=O) groups is 2. The average Bonchev–Trinajstić information content (AvgIpc) is 3.60. The predicted molar refractivity (Wildman–Crippen MR) is 118 cm³/mol. The zero-order valence-electron chi connectivity index (χ0n) is 16.9. The highest BCUT2D eigenvalue weighted by atomic mass is 19.1. The van der Waals surface area contributed by atoms with Crippen LogP contribution in [-0.4, -0.2) is 35.6 Å². The van der Waals surface area contributed by atoms with E-state index in [-0.39, 0.29) is 28.6 Å². The molecule has 0 atom stereocenters.